The van der Waals surface area contributed by atoms with Gasteiger partial charge >= 0.3 is 0 Å². The summed E-state index contributed by atoms with van der Waals surface area (Å²) < 4.78 is 0. The van der Waals surface area contributed by atoms with Crippen LogP contribution >= 0.6 is 0 Å². The van der Waals surface area contributed by atoms with E-state index in [-0.39, 0.29) is 7.43 Å². The average Bonchev–Trinajstić information content (AvgIpc) is 2.04. The standard InChI is InChI=1S/C12H14.CH4/c1-9-5-3-7-11-8-4-6-10(2)12(9)11;/h3-7,11H,8H2,1-2H3;1H4. The molecule has 2 aliphatic carbocycles. The molecule has 0 spiro atoms. The molecule has 0 saturated carbocycles. The predicted octanol–water partition coefficient (Wildman–Crippen LogP) is 4.03. The Bertz CT molecular complexity index is 311. The van der Waals surface area contributed by atoms with Gasteiger partial charge in [-0.3, -0.25) is 0 Å². The smallest absolute Gasteiger partial charge is 0.00609 e. The molecule has 2 aliphatic rings. The highest BCUT2D eigenvalue weighted by Gasteiger charge is 2.18. The molecule has 0 aliphatic heterocycles. The molecule has 2 rings (SSSR count). The third kappa shape index (κ3) is 1.67. The lowest BCUT2D eigenvalue weighted by Crippen LogP contribution is -2.09. The summed E-state index contributed by atoms with van der Waals surface area (Å²) in [4.78, 5) is 0. The van der Waals surface area contributed by atoms with E-state index >= 15 is 0 Å². The molecule has 0 nitrogen and oxygen atoms in total. The molecule has 0 N–H and O–H groups in total. The van der Waals surface area contributed by atoms with Crippen molar-refractivity contribution in [2.24, 2.45) is 5.92 Å². The van der Waals surface area contributed by atoms with Gasteiger partial charge in [0.2, 0.25) is 0 Å². The van der Waals surface area contributed by atoms with Crippen LogP contribution in [0.4, 0.5) is 0 Å². The minimum atomic E-state index is 0. The van der Waals surface area contributed by atoms with E-state index in [0.29, 0.717) is 5.92 Å². The van der Waals surface area contributed by atoms with Gasteiger partial charge in [-0.05, 0) is 37.0 Å². The molecule has 0 heteroatoms. The van der Waals surface area contributed by atoms with E-state index in [2.05, 4.69) is 44.2 Å². The van der Waals surface area contributed by atoms with Crippen molar-refractivity contribution in [3.8, 4) is 0 Å². The highest BCUT2D eigenvalue weighted by Crippen LogP contribution is 2.33. The normalized spacial score (nSPS) is 25.1. The highest BCUT2D eigenvalue weighted by atomic mass is 14.2. The third-order valence-corrected chi connectivity index (χ3v) is 2.67. The quantitative estimate of drug-likeness (QED) is 0.520. The Morgan fingerprint density at radius 3 is 2.77 bits per heavy atom. The Kier molecular flexibility index (Phi) is 2.92. The zero-order valence-electron chi connectivity index (χ0n) is 7.67. The molecule has 70 valence electrons. The molecule has 13 heavy (non-hydrogen) atoms. The molecule has 1 unspecified atom stereocenters. The van der Waals surface area contributed by atoms with Gasteiger partial charge in [0.25, 0.3) is 0 Å². The van der Waals surface area contributed by atoms with Crippen molar-refractivity contribution in [1.82, 2.24) is 0 Å². The lowest BCUT2D eigenvalue weighted by molar-refractivity contribution is 0.754. The molecule has 0 amide bonds. The van der Waals surface area contributed by atoms with E-state index in [1.807, 2.05) is 0 Å². The Morgan fingerprint density at radius 1 is 1.31 bits per heavy atom. The van der Waals surface area contributed by atoms with E-state index in [9.17, 15) is 0 Å². The SMILES string of the molecule is C.CC1=CC=CC2CC=CC(C)=C12. The maximum atomic E-state index is 2.30. The van der Waals surface area contributed by atoms with Crippen molar-refractivity contribution >= 4 is 0 Å². The maximum Gasteiger partial charge on any atom is 0.00609 e. The van der Waals surface area contributed by atoms with Crippen molar-refractivity contribution in [1.29, 1.82) is 0 Å². The molecular formula is C13H18. The second-order valence-electron chi connectivity index (χ2n) is 3.58. The Hall–Kier alpha value is -1.04. The summed E-state index contributed by atoms with van der Waals surface area (Å²) in [5.41, 5.74) is 4.41. The van der Waals surface area contributed by atoms with Crippen LogP contribution in [-0.4, -0.2) is 0 Å². The van der Waals surface area contributed by atoms with Crippen LogP contribution in [0.5, 0.6) is 0 Å². The zero-order chi connectivity index (χ0) is 8.55. The summed E-state index contributed by atoms with van der Waals surface area (Å²) in [6, 6.07) is 0. The van der Waals surface area contributed by atoms with Crippen molar-refractivity contribution in [2.45, 2.75) is 27.7 Å². The first-order valence-corrected chi connectivity index (χ1v) is 4.52. The number of allylic oxidation sites excluding steroid dienone is 8. The monoisotopic (exact) mass is 174 g/mol. The Morgan fingerprint density at radius 2 is 2.08 bits per heavy atom. The Labute approximate surface area is 81.4 Å². The Balaban J connectivity index is 0.000000845. The van der Waals surface area contributed by atoms with Crippen LogP contribution in [0.2, 0.25) is 0 Å². The van der Waals surface area contributed by atoms with E-state index in [0.717, 1.165) is 0 Å². The number of hydrogen-bond acceptors (Lipinski definition) is 0. The zero-order valence-corrected chi connectivity index (χ0v) is 7.67. The van der Waals surface area contributed by atoms with E-state index in [1.54, 1.807) is 5.57 Å². The van der Waals surface area contributed by atoms with Gasteiger partial charge in [0, 0.05) is 5.92 Å². The van der Waals surface area contributed by atoms with Crippen LogP contribution in [0.1, 0.15) is 27.7 Å². The second-order valence-corrected chi connectivity index (χ2v) is 3.58. The molecule has 0 aromatic heterocycles. The fourth-order valence-corrected chi connectivity index (χ4v) is 2.09. The summed E-state index contributed by atoms with van der Waals surface area (Å²) in [5, 5.41) is 0. The fraction of sp³-hybridized carbons (Fsp3) is 0.385. The van der Waals surface area contributed by atoms with Gasteiger partial charge in [-0.2, -0.15) is 0 Å². The van der Waals surface area contributed by atoms with E-state index < -0.39 is 0 Å². The van der Waals surface area contributed by atoms with Crippen molar-refractivity contribution in [2.75, 3.05) is 0 Å². The van der Waals surface area contributed by atoms with Crippen molar-refractivity contribution in [3.05, 3.63) is 47.1 Å². The molecule has 0 aromatic carbocycles. The first-order chi connectivity index (χ1) is 5.79. The lowest BCUT2D eigenvalue weighted by Gasteiger charge is -2.24. The molecule has 0 aromatic rings. The second kappa shape index (κ2) is 3.78. The van der Waals surface area contributed by atoms with Crippen molar-refractivity contribution in [3.63, 3.8) is 0 Å². The first kappa shape index (κ1) is 10.0. The predicted molar refractivity (Wildman–Crippen MR) is 59.6 cm³/mol. The topological polar surface area (TPSA) is 0 Å². The molecule has 1 atom stereocenters. The third-order valence-electron chi connectivity index (χ3n) is 2.67. The fourth-order valence-electron chi connectivity index (χ4n) is 2.09. The molecule has 0 bridgehead atoms. The highest BCUT2D eigenvalue weighted by molar-refractivity contribution is 5.48. The molecular weight excluding hydrogens is 156 g/mol. The largest absolute Gasteiger partial charge is 0.0833 e. The number of hydrogen-bond donors (Lipinski definition) is 0. The number of fused-ring (bicyclic) bond motifs is 1. The lowest BCUT2D eigenvalue weighted by atomic mass is 9.81. The van der Waals surface area contributed by atoms with Gasteiger partial charge in [0.05, 0.1) is 0 Å². The van der Waals surface area contributed by atoms with Crippen molar-refractivity contribution < 1.29 is 0 Å². The minimum absolute atomic E-state index is 0. The number of rotatable bonds is 0. The molecule has 0 fully saturated rings. The summed E-state index contributed by atoms with van der Waals surface area (Å²) in [6.45, 7) is 4.41. The van der Waals surface area contributed by atoms with Gasteiger partial charge < -0.3 is 0 Å². The maximum absolute atomic E-state index is 2.30. The van der Waals surface area contributed by atoms with Gasteiger partial charge in [0.1, 0.15) is 0 Å². The molecule has 0 saturated heterocycles. The molecule has 0 radical (unpaired) electrons. The van der Waals surface area contributed by atoms with Crippen LogP contribution in [0.15, 0.2) is 47.1 Å². The van der Waals surface area contributed by atoms with E-state index in [4.69, 9.17) is 0 Å². The summed E-state index contributed by atoms with van der Waals surface area (Å²) in [5.74, 6) is 0.653. The summed E-state index contributed by atoms with van der Waals surface area (Å²) >= 11 is 0. The van der Waals surface area contributed by atoms with E-state index in [1.165, 1.54) is 17.6 Å². The van der Waals surface area contributed by atoms with Gasteiger partial charge in [-0.1, -0.05) is 37.8 Å². The first-order valence-electron chi connectivity index (χ1n) is 4.52. The summed E-state index contributed by atoms with van der Waals surface area (Å²) in [7, 11) is 0. The minimum Gasteiger partial charge on any atom is -0.0833 e. The van der Waals surface area contributed by atoms with Gasteiger partial charge in [0.15, 0.2) is 0 Å². The van der Waals surface area contributed by atoms with Crippen LogP contribution < -0.4 is 0 Å². The van der Waals surface area contributed by atoms with Crippen LogP contribution in [0.25, 0.3) is 0 Å². The van der Waals surface area contributed by atoms with Gasteiger partial charge in [-0.15, -0.1) is 0 Å². The summed E-state index contributed by atoms with van der Waals surface area (Å²) in [6.07, 6.45) is 12.4. The molecule has 0 heterocycles. The van der Waals surface area contributed by atoms with Crippen LogP contribution in [0.3, 0.4) is 0 Å². The average molecular weight is 174 g/mol. The van der Waals surface area contributed by atoms with Crippen LogP contribution in [0, 0.1) is 5.92 Å². The van der Waals surface area contributed by atoms with Gasteiger partial charge in [-0.25, -0.2) is 0 Å². The van der Waals surface area contributed by atoms with Crippen LogP contribution in [-0.2, 0) is 0 Å².